The smallest absolute Gasteiger partial charge is 0.145 e. The van der Waals surface area contributed by atoms with E-state index in [2.05, 4.69) is 30.5 Å². The lowest BCUT2D eigenvalue weighted by atomic mass is 10.2. The second-order valence-electron chi connectivity index (χ2n) is 6.14. The molecular formula is C22H31NO2. The Kier molecular flexibility index (Phi) is 10.1. The van der Waals surface area contributed by atoms with Gasteiger partial charge >= 0.3 is 0 Å². The van der Waals surface area contributed by atoms with E-state index in [1.807, 2.05) is 37.3 Å². The highest BCUT2D eigenvalue weighted by molar-refractivity contribution is 5.72. The molecule has 0 radical (unpaired) electrons. The first-order chi connectivity index (χ1) is 12.1. The standard InChI is InChI=1S/C22H31NO2/c1-5-7-8-9-17-25-22-14-12-21(13-15-22)23(16-6-2)20(4)11-10-19(3)18-24/h6,10-15,18H,2,5,7-9,16-17H2,1,3-4H3/b19-10+,20-11+. The molecule has 0 fully saturated rings. The molecule has 0 aliphatic rings. The summed E-state index contributed by atoms with van der Waals surface area (Å²) in [6.07, 6.45) is 11.3. The summed E-state index contributed by atoms with van der Waals surface area (Å²) in [7, 11) is 0. The first kappa shape index (κ1) is 20.8. The number of unbranched alkanes of at least 4 members (excludes halogenated alkanes) is 3. The van der Waals surface area contributed by atoms with Crippen LogP contribution in [0.5, 0.6) is 5.75 Å². The zero-order valence-corrected chi connectivity index (χ0v) is 15.8. The average Bonchev–Trinajstić information content (AvgIpc) is 2.64. The number of anilines is 1. The Balaban J connectivity index is 2.74. The molecule has 0 unspecified atom stereocenters. The minimum absolute atomic E-state index is 0.699. The molecule has 0 spiro atoms. The molecule has 0 saturated heterocycles. The Hall–Kier alpha value is -2.29. The van der Waals surface area contributed by atoms with Crippen LogP contribution in [0.2, 0.25) is 0 Å². The maximum atomic E-state index is 10.7. The van der Waals surface area contributed by atoms with Crippen LogP contribution in [-0.4, -0.2) is 19.4 Å². The highest BCUT2D eigenvalue weighted by Gasteiger charge is 2.07. The van der Waals surface area contributed by atoms with Crippen LogP contribution >= 0.6 is 0 Å². The largest absolute Gasteiger partial charge is 0.494 e. The number of rotatable bonds is 12. The van der Waals surface area contributed by atoms with Crippen molar-refractivity contribution in [3.05, 3.63) is 60.3 Å². The number of carbonyl (C=O) groups excluding carboxylic acids is 1. The van der Waals surface area contributed by atoms with Gasteiger partial charge in [0, 0.05) is 17.9 Å². The lowest BCUT2D eigenvalue weighted by Crippen LogP contribution is -2.20. The summed E-state index contributed by atoms with van der Waals surface area (Å²) in [6.45, 7) is 11.3. The third-order valence-electron chi connectivity index (χ3n) is 3.93. The van der Waals surface area contributed by atoms with E-state index < -0.39 is 0 Å². The molecule has 3 heteroatoms. The van der Waals surface area contributed by atoms with Crippen LogP contribution < -0.4 is 9.64 Å². The van der Waals surface area contributed by atoms with Gasteiger partial charge in [0.1, 0.15) is 12.0 Å². The van der Waals surface area contributed by atoms with Gasteiger partial charge in [0.05, 0.1) is 6.61 Å². The topological polar surface area (TPSA) is 29.5 Å². The van der Waals surface area contributed by atoms with Crippen LogP contribution in [0.4, 0.5) is 5.69 Å². The number of carbonyl (C=O) groups is 1. The number of allylic oxidation sites excluding steroid dienone is 4. The van der Waals surface area contributed by atoms with Crippen molar-refractivity contribution in [2.45, 2.75) is 46.5 Å². The van der Waals surface area contributed by atoms with Crippen molar-refractivity contribution in [1.29, 1.82) is 0 Å². The van der Waals surface area contributed by atoms with Gasteiger partial charge in [0.25, 0.3) is 0 Å². The predicted molar refractivity (Wildman–Crippen MR) is 107 cm³/mol. The van der Waals surface area contributed by atoms with Crippen LogP contribution in [0.1, 0.15) is 46.5 Å². The normalized spacial score (nSPS) is 12.0. The van der Waals surface area contributed by atoms with Gasteiger partial charge in [0.15, 0.2) is 0 Å². The average molecular weight is 341 g/mol. The molecule has 0 aliphatic heterocycles. The summed E-state index contributed by atoms with van der Waals surface area (Å²) in [4.78, 5) is 12.9. The van der Waals surface area contributed by atoms with Gasteiger partial charge in [-0.05, 0) is 56.2 Å². The maximum absolute atomic E-state index is 10.7. The first-order valence-electron chi connectivity index (χ1n) is 9.04. The zero-order chi connectivity index (χ0) is 18.5. The summed E-state index contributed by atoms with van der Waals surface area (Å²) in [6, 6.07) is 8.12. The molecule has 0 amide bonds. The number of aldehydes is 1. The van der Waals surface area contributed by atoms with Gasteiger partial charge in [0.2, 0.25) is 0 Å². The number of hydrogen-bond donors (Lipinski definition) is 0. The second kappa shape index (κ2) is 12.1. The van der Waals surface area contributed by atoms with E-state index in [1.54, 1.807) is 6.92 Å². The van der Waals surface area contributed by atoms with Crippen LogP contribution in [0.3, 0.4) is 0 Å². The number of benzene rings is 1. The molecular weight excluding hydrogens is 310 g/mol. The molecule has 25 heavy (non-hydrogen) atoms. The summed E-state index contributed by atoms with van der Waals surface area (Å²) in [5.74, 6) is 0.900. The van der Waals surface area contributed by atoms with Gasteiger partial charge in [-0.15, -0.1) is 6.58 Å². The van der Waals surface area contributed by atoms with Gasteiger partial charge < -0.3 is 9.64 Å². The van der Waals surface area contributed by atoms with Crippen molar-refractivity contribution in [3.8, 4) is 5.75 Å². The Morgan fingerprint density at radius 2 is 1.84 bits per heavy atom. The molecule has 0 saturated carbocycles. The highest BCUT2D eigenvalue weighted by Crippen LogP contribution is 2.23. The Bertz CT molecular complexity index is 585. The molecule has 1 aromatic rings. The van der Waals surface area contributed by atoms with E-state index in [0.29, 0.717) is 12.1 Å². The summed E-state index contributed by atoms with van der Waals surface area (Å²) >= 11 is 0. The minimum atomic E-state index is 0.699. The predicted octanol–water partition coefficient (Wildman–Crippen LogP) is 5.69. The van der Waals surface area contributed by atoms with Crippen LogP contribution in [0.15, 0.2) is 60.3 Å². The maximum Gasteiger partial charge on any atom is 0.145 e. The fourth-order valence-electron chi connectivity index (χ4n) is 2.40. The summed E-state index contributed by atoms with van der Waals surface area (Å²) < 4.78 is 5.80. The second-order valence-corrected chi connectivity index (χ2v) is 6.14. The lowest BCUT2D eigenvalue weighted by molar-refractivity contribution is -0.104. The van der Waals surface area contributed by atoms with Crippen LogP contribution in [0, 0.1) is 0 Å². The fraction of sp³-hybridized carbons (Fsp3) is 0.409. The molecule has 0 N–H and O–H groups in total. The highest BCUT2D eigenvalue weighted by atomic mass is 16.5. The lowest BCUT2D eigenvalue weighted by Gasteiger charge is -2.24. The molecule has 0 aromatic heterocycles. The van der Waals surface area contributed by atoms with E-state index in [9.17, 15) is 4.79 Å². The Morgan fingerprint density at radius 3 is 2.44 bits per heavy atom. The van der Waals surface area contributed by atoms with Crippen molar-refractivity contribution in [2.24, 2.45) is 0 Å². The fourth-order valence-corrected chi connectivity index (χ4v) is 2.40. The number of nitrogens with zero attached hydrogens (tertiary/aromatic N) is 1. The van der Waals surface area contributed by atoms with Crippen molar-refractivity contribution in [3.63, 3.8) is 0 Å². The summed E-state index contributed by atoms with van der Waals surface area (Å²) in [5.41, 5.74) is 2.82. The van der Waals surface area contributed by atoms with E-state index >= 15 is 0 Å². The molecule has 0 atom stereocenters. The molecule has 0 aliphatic carbocycles. The Morgan fingerprint density at radius 1 is 1.12 bits per heavy atom. The van der Waals surface area contributed by atoms with E-state index in [0.717, 1.165) is 36.4 Å². The van der Waals surface area contributed by atoms with Crippen LogP contribution in [-0.2, 0) is 4.79 Å². The zero-order valence-electron chi connectivity index (χ0n) is 15.8. The van der Waals surface area contributed by atoms with E-state index in [4.69, 9.17) is 4.74 Å². The molecule has 1 rings (SSSR count). The molecule has 0 bridgehead atoms. The molecule has 3 nitrogen and oxygen atoms in total. The third-order valence-corrected chi connectivity index (χ3v) is 3.93. The first-order valence-corrected chi connectivity index (χ1v) is 9.04. The van der Waals surface area contributed by atoms with Crippen molar-refractivity contribution in [2.75, 3.05) is 18.1 Å². The van der Waals surface area contributed by atoms with E-state index in [-0.39, 0.29) is 0 Å². The quantitative estimate of drug-likeness (QED) is 0.161. The monoisotopic (exact) mass is 341 g/mol. The molecule has 1 aromatic carbocycles. The number of ether oxygens (including phenoxy) is 1. The SMILES string of the molecule is C=CCN(/C(C)=C/C=C(\C)C=O)c1ccc(OCCCCCC)cc1. The van der Waals surface area contributed by atoms with Crippen molar-refractivity contribution >= 4 is 12.0 Å². The molecule has 136 valence electrons. The summed E-state index contributed by atoms with van der Waals surface area (Å²) in [5, 5.41) is 0. The van der Waals surface area contributed by atoms with Gasteiger partial charge in [-0.2, -0.15) is 0 Å². The van der Waals surface area contributed by atoms with E-state index in [1.165, 1.54) is 19.3 Å². The minimum Gasteiger partial charge on any atom is -0.494 e. The van der Waals surface area contributed by atoms with Gasteiger partial charge in [-0.3, -0.25) is 4.79 Å². The van der Waals surface area contributed by atoms with Crippen molar-refractivity contribution < 1.29 is 9.53 Å². The molecule has 0 heterocycles. The third kappa shape index (κ3) is 7.88. The van der Waals surface area contributed by atoms with Crippen molar-refractivity contribution in [1.82, 2.24) is 0 Å². The van der Waals surface area contributed by atoms with Gasteiger partial charge in [-0.1, -0.05) is 38.3 Å². The van der Waals surface area contributed by atoms with Gasteiger partial charge in [-0.25, -0.2) is 0 Å². The number of hydrogen-bond acceptors (Lipinski definition) is 3. The van der Waals surface area contributed by atoms with Crippen LogP contribution in [0.25, 0.3) is 0 Å². The Labute approximate surface area is 152 Å².